The lowest BCUT2D eigenvalue weighted by atomic mass is 10.1. The summed E-state index contributed by atoms with van der Waals surface area (Å²) < 4.78 is 5.16. The normalized spacial score (nSPS) is 16.0. The van der Waals surface area contributed by atoms with E-state index in [1.165, 1.54) is 5.56 Å². The lowest BCUT2D eigenvalue weighted by molar-refractivity contribution is -0.151. The van der Waals surface area contributed by atoms with Crippen molar-refractivity contribution in [3.8, 4) is 0 Å². The molecule has 6 nitrogen and oxygen atoms in total. The highest BCUT2D eigenvalue weighted by Gasteiger charge is 2.36. The summed E-state index contributed by atoms with van der Waals surface area (Å²) in [5, 5.41) is 2.70. The van der Waals surface area contributed by atoms with Gasteiger partial charge in [0, 0.05) is 24.3 Å². The van der Waals surface area contributed by atoms with Crippen LogP contribution < -0.4 is 10.2 Å². The van der Waals surface area contributed by atoms with Crippen molar-refractivity contribution in [2.24, 2.45) is 5.92 Å². The van der Waals surface area contributed by atoms with Gasteiger partial charge in [0.15, 0.2) is 6.61 Å². The number of nitrogens with one attached hydrogen (secondary N) is 1. The van der Waals surface area contributed by atoms with E-state index in [1.54, 1.807) is 4.90 Å². The fourth-order valence-electron chi connectivity index (χ4n) is 3.45. The molecule has 29 heavy (non-hydrogen) atoms. The van der Waals surface area contributed by atoms with Gasteiger partial charge in [-0.05, 0) is 42.2 Å². The van der Waals surface area contributed by atoms with Gasteiger partial charge in [0.2, 0.25) is 5.91 Å². The van der Waals surface area contributed by atoms with E-state index >= 15 is 0 Å². The van der Waals surface area contributed by atoms with Crippen LogP contribution in [0.15, 0.2) is 48.5 Å². The third kappa shape index (κ3) is 5.02. The number of carbonyl (C=O) groups excluding carboxylic acids is 3. The van der Waals surface area contributed by atoms with Crippen LogP contribution in [-0.2, 0) is 32.0 Å². The molecular formula is C23H26N2O4. The Morgan fingerprint density at radius 2 is 1.79 bits per heavy atom. The highest BCUT2D eigenvalue weighted by Crippen LogP contribution is 2.29. The van der Waals surface area contributed by atoms with Gasteiger partial charge in [0.1, 0.15) is 0 Å². The fourth-order valence-corrected chi connectivity index (χ4v) is 3.45. The number of anilines is 2. The number of amides is 2. The summed E-state index contributed by atoms with van der Waals surface area (Å²) in [7, 11) is 0. The van der Waals surface area contributed by atoms with Crippen molar-refractivity contribution in [3.63, 3.8) is 0 Å². The third-order valence-corrected chi connectivity index (χ3v) is 5.11. The first-order chi connectivity index (χ1) is 14.0. The number of aryl methyl sites for hydroxylation is 2. The zero-order valence-corrected chi connectivity index (χ0v) is 16.8. The number of benzene rings is 2. The first-order valence-electron chi connectivity index (χ1n) is 9.95. The summed E-state index contributed by atoms with van der Waals surface area (Å²) in [5.41, 5.74) is 3.73. The molecule has 2 aromatic rings. The van der Waals surface area contributed by atoms with Gasteiger partial charge in [-0.25, -0.2) is 0 Å². The lowest BCUT2D eigenvalue weighted by Gasteiger charge is -2.19. The predicted molar refractivity (Wildman–Crippen MR) is 112 cm³/mol. The van der Waals surface area contributed by atoms with Crippen LogP contribution in [0.5, 0.6) is 0 Å². The summed E-state index contributed by atoms with van der Waals surface area (Å²) in [4.78, 5) is 38.5. The van der Waals surface area contributed by atoms with Crippen LogP contribution >= 0.6 is 0 Å². The summed E-state index contributed by atoms with van der Waals surface area (Å²) in [6.45, 7) is 3.99. The minimum absolute atomic E-state index is 0.0942. The molecule has 0 radical (unpaired) electrons. The Morgan fingerprint density at radius 1 is 1.07 bits per heavy atom. The number of hydrogen-bond acceptors (Lipinski definition) is 4. The molecule has 1 aliphatic heterocycles. The maximum atomic E-state index is 12.4. The van der Waals surface area contributed by atoms with E-state index in [4.69, 9.17) is 4.74 Å². The van der Waals surface area contributed by atoms with Crippen LogP contribution in [0.3, 0.4) is 0 Å². The van der Waals surface area contributed by atoms with E-state index in [1.807, 2.05) is 55.5 Å². The Kier molecular flexibility index (Phi) is 6.65. The minimum atomic E-state index is -0.566. The van der Waals surface area contributed by atoms with Crippen molar-refractivity contribution in [3.05, 3.63) is 59.7 Å². The Hall–Kier alpha value is -3.15. The summed E-state index contributed by atoms with van der Waals surface area (Å²) in [6.07, 6.45) is 1.82. The van der Waals surface area contributed by atoms with Crippen LogP contribution in [0.4, 0.5) is 11.4 Å². The number of ether oxygens (including phenoxy) is 1. The third-order valence-electron chi connectivity index (χ3n) is 5.11. The van der Waals surface area contributed by atoms with Gasteiger partial charge in [-0.1, -0.05) is 44.2 Å². The molecule has 2 aromatic carbocycles. The molecule has 1 atom stereocenters. The molecule has 1 fully saturated rings. The molecule has 1 N–H and O–H groups in total. The van der Waals surface area contributed by atoms with Gasteiger partial charge >= 0.3 is 5.97 Å². The average Bonchev–Trinajstić information content (AvgIpc) is 3.14. The molecule has 1 heterocycles. The summed E-state index contributed by atoms with van der Waals surface area (Å²) in [6, 6.07) is 15.2. The predicted octanol–water partition coefficient (Wildman–Crippen LogP) is 3.35. The van der Waals surface area contributed by atoms with Gasteiger partial charge in [0.25, 0.3) is 5.91 Å². The maximum absolute atomic E-state index is 12.4. The van der Waals surface area contributed by atoms with Crippen molar-refractivity contribution in [2.75, 3.05) is 23.4 Å². The largest absolute Gasteiger partial charge is 0.455 e. The first-order valence-corrected chi connectivity index (χ1v) is 9.95. The van der Waals surface area contributed by atoms with Gasteiger partial charge < -0.3 is 15.0 Å². The standard InChI is InChI=1S/C23H26N2O4/c1-3-16-9-11-19(12-10-16)24-21(26)15-29-23(28)18-13-22(27)25(14-18)20-8-6-5-7-17(20)4-2/h5-12,18H,3-4,13-15H2,1-2H3,(H,24,26)/t18-/m0/s1. The number of carbonyl (C=O) groups is 3. The lowest BCUT2D eigenvalue weighted by Crippen LogP contribution is -2.28. The Balaban J connectivity index is 1.53. The number of esters is 1. The summed E-state index contributed by atoms with van der Waals surface area (Å²) in [5.74, 6) is -1.59. The number of hydrogen-bond donors (Lipinski definition) is 1. The van der Waals surface area contributed by atoms with Crippen LogP contribution in [0.2, 0.25) is 0 Å². The van der Waals surface area contributed by atoms with Crippen molar-refractivity contribution >= 4 is 29.2 Å². The van der Waals surface area contributed by atoms with Crippen LogP contribution in [0.1, 0.15) is 31.4 Å². The average molecular weight is 394 g/mol. The van der Waals surface area contributed by atoms with Gasteiger partial charge in [-0.2, -0.15) is 0 Å². The van der Waals surface area contributed by atoms with Gasteiger partial charge in [-0.3, -0.25) is 14.4 Å². The molecule has 2 amide bonds. The number of nitrogens with zero attached hydrogens (tertiary/aromatic N) is 1. The molecule has 0 bridgehead atoms. The van der Waals surface area contributed by atoms with Crippen LogP contribution in [0, 0.1) is 5.92 Å². The number of rotatable bonds is 7. The molecule has 0 unspecified atom stereocenters. The highest BCUT2D eigenvalue weighted by atomic mass is 16.5. The Labute approximate surface area is 170 Å². The van der Waals surface area contributed by atoms with Gasteiger partial charge in [0.05, 0.1) is 5.92 Å². The molecule has 3 rings (SSSR count). The van der Waals surface area contributed by atoms with E-state index in [-0.39, 0.29) is 25.5 Å². The van der Waals surface area contributed by atoms with Crippen LogP contribution in [0.25, 0.3) is 0 Å². The van der Waals surface area contributed by atoms with E-state index in [0.717, 1.165) is 24.1 Å². The molecule has 0 spiro atoms. The smallest absolute Gasteiger partial charge is 0.311 e. The minimum Gasteiger partial charge on any atom is -0.455 e. The van der Waals surface area contributed by atoms with Crippen molar-refractivity contribution < 1.29 is 19.1 Å². The van der Waals surface area contributed by atoms with Crippen molar-refractivity contribution in [1.82, 2.24) is 0 Å². The Bertz CT molecular complexity index is 892. The van der Waals surface area contributed by atoms with Gasteiger partial charge in [-0.15, -0.1) is 0 Å². The van der Waals surface area contributed by atoms with E-state index < -0.39 is 17.8 Å². The maximum Gasteiger partial charge on any atom is 0.311 e. The fraction of sp³-hybridized carbons (Fsp3) is 0.348. The second kappa shape index (κ2) is 9.37. The first kappa shape index (κ1) is 20.6. The Morgan fingerprint density at radius 3 is 2.48 bits per heavy atom. The molecule has 6 heteroatoms. The quantitative estimate of drug-likeness (QED) is 0.731. The number of para-hydroxylation sites is 1. The van der Waals surface area contributed by atoms with Crippen molar-refractivity contribution in [1.29, 1.82) is 0 Å². The molecule has 0 saturated carbocycles. The molecule has 1 aliphatic rings. The van der Waals surface area contributed by atoms with E-state index in [9.17, 15) is 14.4 Å². The molecule has 1 saturated heterocycles. The molecule has 152 valence electrons. The SMILES string of the molecule is CCc1ccc(NC(=O)COC(=O)[C@H]2CC(=O)N(c3ccccc3CC)C2)cc1. The molecule has 0 aromatic heterocycles. The monoisotopic (exact) mass is 394 g/mol. The topological polar surface area (TPSA) is 75.7 Å². The second-order valence-electron chi connectivity index (χ2n) is 7.09. The second-order valence-corrected chi connectivity index (χ2v) is 7.09. The van der Waals surface area contributed by atoms with E-state index in [2.05, 4.69) is 12.2 Å². The zero-order valence-electron chi connectivity index (χ0n) is 16.8. The zero-order chi connectivity index (χ0) is 20.8. The highest BCUT2D eigenvalue weighted by molar-refractivity contribution is 6.00. The van der Waals surface area contributed by atoms with E-state index in [0.29, 0.717) is 5.69 Å². The molecular weight excluding hydrogens is 368 g/mol. The van der Waals surface area contributed by atoms with Crippen LogP contribution in [-0.4, -0.2) is 30.9 Å². The molecule has 0 aliphatic carbocycles. The summed E-state index contributed by atoms with van der Waals surface area (Å²) >= 11 is 0. The van der Waals surface area contributed by atoms with Crippen molar-refractivity contribution in [2.45, 2.75) is 33.1 Å².